The summed E-state index contributed by atoms with van der Waals surface area (Å²) in [6.45, 7) is -0.0295. The normalized spacial score (nSPS) is 10.3. The molecule has 2 rings (SSSR count). The number of rotatable bonds is 4. The second-order valence-corrected chi connectivity index (χ2v) is 5.84. The lowest BCUT2D eigenvalue weighted by atomic mass is 10.2. The van der Waals surface area contributed by atoms with Gasteiger partial charge >= 0.3 is 0 Å². The summed E-state index contributed by atoms with van der Waals surface area (Å²) in [5.41, 5.74) is 6.05. The van der Waals surface area contributed by atoms with Crippen molar-refractivity contribution in [3.8, 4) is 0 Å². The minimum absolute atomic E-state index is 0.0295. The lowest BCUT2D eigenvalue weighted by molar-refractivity contribution is -0.118. The summed E-state index contributed by atoms with van der Waals surface area (Å²) in [7, 11) is 0. The Morgan fingerprint density at radius 3 is 2.50 bits per heavy atom. The van der Waals surface area contributed by atoms with Gasteiger partial charge < -0.3 is 11.1 Å². The van der Waals surface area contributed by atoms with Crippen LogP contribution >= 0.6 is 31.9 Å². The Hall–Kier alpha value is -1.67. The zero-order chi connectivity index (χ0) is 14.7. The predicted octanol–water partition coefficient (Wildman–Crippen LogP) is 2.15. The number of halogens is 2. The molecule has 2 amide bonds. The van der Waals surface area contributed by atoms with E-state index in [0.29, 0.717) is 11.3 Å². The number of hydrogen-bond donors (Lipinski definition) is 2. The number of anilines is 1. The Bertz CT molecular complexity index is 649. The standard InChI is InChI=1S/C12H10Br2N4O2/c13-8-1-7(2-9(14)3-8)12(20)17-10-4-16-18(5-10)6-11(15)19/h1-5H,6H2,(H2,15,19)(H,17,20). The van der Waals surface area contributed by atoms with E-state index < -0.39 is 5.91 Å². The molecular weight excluding hydrogens is 392 g/mol. The molecule has 0 aliphatic carbocycles. The smallest absolute Gasteiger partial charge is 0.255 e. The molecule has 0 atom stereocenters. The SMILES string of the molecule is NC(=O)Cn1cc(NC(=O)c2cc(Br)cc(Br)c2)cn1. The molecule has 8 heteroatoms. The number of hydrogen-bond acceptors (Lipinski definition) is 3. The molecule has 3 N–H and O–H groups in total. The number of nitrogens with zero attached hydrogens (tertiary/aromatic N) is 2. The average Bonchev–Trinajstić information content (AvgIpc) is 2.74. The van der Waals surface area contributed by atoms with Crippen LogP contribution in [0.2, 0.25) is 0 Å². The summed E-state index contributed by atoms with van der Waals surface area (Å²) in [6, 6.07) is 5.24. The van der Waals surface area contributed by atoms with Crippen molar-refractivity contribution in [3.05, 3.63) is 45.1 Å². The number of primary amides is 1. The van der Waals surface area contributed by atoms with Crippen molar-refractivity contribution >= 4 is 49.4 Å². The second kappa shape index (κ2) is 6.19. The van der Waals surface area contributed by atoms with E-state index >= 15 is 0 Å². The van der Waals surface area contributed by atoms with Crippen LogP contribution in [0, 0.1) is 0 Å². The molecular formula is C12H10Br2N4O2. The maximum atomic E-state index is 12.1. The number of nitrogens with two attached hydrogens (primary N) is 1. The third-order valence-electron chi connectivity index (χ3n) is 2.33. The third kappa shape index (κ3) is 3.91. The van der Waals surface area contributed by atoms with Crippen LogP contribution in [0.5, 0.6) is 0 Å². The van der Waals surface area contributed by atoms with Crippen LogP contribution in [0.4, 0.5) is 5.69 Å². The fourth-order valence-corrected chi connectivity index (χ4v) is 2.86. The van der Waals surface area contributed by atoms with Gasteiger partial charge in [0.2, 0.25) is 5.91 Å². The van der Waals surface area contributed by atoms with Crippen molar-refractivity contribution < 1.29 is 9.59 Å². The van der Waals surface area contributed by atoms with E-state index in [0.717, 1.165) is 8.95 Å². The molecule has 2 aromatic rings. The molecule has 6 nitrogen and oxygen atoms in total. The molecule has 0 aliphatic heterocycles. The molecule has 0 bridgehead atoms. The quantitative estimate of drug-likeness (QED) is 0.822. The fraction of sp³-hybridized carbons (Fsp3) is 0.0833. The van der Waals surface area contributed by atoms with Gasteiger partial charge in [0, 0.05) is 20.7 Å². The van der Waals surface area contributed by atoms with Gasteiger partial charge in [0.25, 0.3) is 5.91 Å². The predicted molar refractivity (Wildman–Crippen MR) is 81.2 cm³/mol. The first-order valence-electron chi connectivity index (χ1n) is 5.52. The first-order chi connectivity index (χ1) is 9.44. The third-order valence-corrected chi connectivity index (χ3v) is 3.25. The Balaban J connectivity index is 2.11. The Kier molecular flexibility index (Phi) is 4.56. The molecule has 0 fully saturated rings. The van der Waals surface area contributed by atoms with E-state index in [1.165, 1.54) is 17.1 Å². The van der Waals surface area contributed by atoms with E-state index in [1.54, 1.807) is 12.1 Å². The summed E-state index contributed by atoms with van der Waals surface area (Å²) in [5, 5.41) is 6.61. The monoisotopic (exact) mass is 400 g/mol. The molecule has 0 spiro atoms. The van der Waals surface area contributed by atoms with Crippen molar-refractivity contribution in [1.82, 2.24) is 9.78 Å². The van der Waals surface area contributed by atoms with Gasteiger partial charge in [0.05, 0.1) is 11.9 Å². The van der Waals surface area contributed by atoms with Crippen LogP contribution < -0.4 is 11.1 Å². The number of aromatic nitrogens is 2. The van der Waals surface area contributed by atoms with Crippen molar-refractivity contribution in [2.24, 2.45) is 5.73 Å². The summed E-state index contributed by atoms with van der Waals surface area (Å²) in [6.07, 6.45) is 2.99. The van der Waals surface area contributed by atoms with Gasteiger partial charge in [-0.1, -0.05) is 31.9 Å². The van der Waals surface area contributed by atoms with Crippen LogP contribution in [0.15, 0.2) is 39.5 Å². The van der Waals surface area contributed by atoms with E-state index in [4.69, 9.17) is 5.73 Å². The minimum Gasteiger partial charge on any atom is -0.368 e. The molecule has 0 aliphatic rings. The van der Waals surface area contributed by atoms with Gasteiger partial charge in [-0.25, -0.2) is 0 Å². The maximum Gasteiger partial charge on any atom is 0.255 e. The fourth-order valence-electron chi connectivity index (χ4n) is 1.56. The zero-order valence-electron chi connectivity index (χ0n) is 10.1. The van der Waals surface area contributed by atoms with Crippen LogP contribution in [0.3, 0.4) is 0 Å². The van der Waals surface area contributed by atoms with Crippen LogP contribution in [-0.4, -0.2) is 21.6 Å². The maximum absolute atomic E-state index is 12.1. The van der Waals surface area contributed by atoms with Gasteiger partial charge in [-0.3, -0.25) is 14.3 Å². The topological polar surface area (TPSA) is 90.0 Å². The van der Waals surface area contributed by atoms with Crippen LogP contribution in [-0.2, 0) is 11.3 Å². The summed E-state index contributed by atoms with van der Waals surface area (Å²) < 4.78 is 2.94. The highest BCUT2D eigenvalue weighted by molar-refractivity contribution is 9.11. The van der Waals surface area contributed by atoms with Gasteiger partial charge in [0.1, 0.15) is 6.54 Å². The number of carbonyl (C=O) groups is 2. The van der Waals surface area contributed by atoms with E-state index in [-0.39, 0.29) is 12.5 Å². The van der Waals surface area contributed by atoms with Crippen molar-refractivity contribution in [2.45, 2.75) is 6.54 Å². The number of benzene rings is 1. The number of carbonyl (C=O) groups excluding carboxylic acids is 2. The largest absolute Gasteiger partial charge is 0.368 e. The molecule has 0 saturated heterocycles. The Morgan fingerprint density at radius 1 is 1.25 bits per heavy atom. The molecule has 20 heavy (non-hydrogen) atoms. The molecule has 1 heterocycles. The van der Waals surface area contributed by atoms with Gasteiger partial charge in [-0.05, 0) is 18.2 Å². The molecule has 1 aromatic heterocycles. The summed E-state index contributed by atoms with van der Waals surface area (Å²) in [4.78, 5) is 22.8. The van der Waals surface area contributed by atoms with E-state index in [2.05, 4.69) is 42.3 Å². The zero-order valence-corrected chi connectivity index (χ0v) is 13.3. The lowest BCUT2D eigenvalue weighted by Crippen LogP contribution is -2.18. The second-order valence-electron chi connectivity index (χ2n) is 4.01. The van der Waals surface area contributed by atoms with E-state index in [1.807, 2.05) is 6.07 Å². The van der Waals surface area contributed by atoms with Gasteiger partial charge in [0.15, 0.2) is 0 Å². The molecule has 0 unspecified atom stereocenters. The number of amides is 2. The van der Waals surface area contributed by atoms with Crippen molar-refractivity contribution in [3.63, 3.8) is 0 Å². The lowest BCUT2D eigenvalue weighted by Gasteiger charge is -2.04. The Morgan fingerprint density at radius 2 is 1.90 bits per heavy atom. The van der Waals surface area contributed by atoms with Crippen molar-refractivity contribution in [1.29, 1.82) is 0 Å². The van der Waals surface area contributed by atoms with Gasteiger partial charge in [-0.2, -0.15) is 5.10 Å². The average molecular weight is 402 g/mol. The van der Waals surface area contributed by atoms with Crippen LogP contribution in [0.1, 0.15) is 10.4 Å². The highest BCUT2D eigenvalue weighted by Crippen LogP contribution is 2.20. The molecule has 0 saturated carbocycles. The molecule has 104 valence electrons. The molecule has 0 radical (unpaired) electrons. The highest BCUT2D eigenvalue weighted by Gasteiger charge is 2.09. The summed E-state index contributed by atoms with van der Waals surface area (Å²) in [5.74, 6) is -0.771. The first-order valence-corrected chi connectivity index (χ1v) is 7.11. The number of nitrogens with one attached hydrogen (secondary N) is 1. The molecule has 1 aromatic carbocycles. The highest BCUT2D eigenvalue weighted by atomic mass is 79.9. The van der Waals surface area contributed by atoms with E-state index in [9.17, 15) is 9.59 Å². The van der Waals surface area contributed by atoms with Crippen molar-refractivity contribution in [2.75, 3.05) is 5.32 Å². The Labute approximate surface area is 131 Å². The summed E-state index contributed by atoms with van der Waals surface area (Å²) >= 11 is 6.64. The van der Waals surface area contributed by atoms with Gasteiger partial charge in [-0.15, -0.1) is 0 Å². The first kappa shape index (κ1) is 14.7. The minimum atomic E-state index is -0.498. The van der Waals surface area contributed by atoms with Crippen LogP contribution in [0.25, 0.3) is 0 Å².